The predicted molar refractivity (Wildman–Crippen MR) is 64.7 cm³/mol. The summed E-state index contributed by atoms with van der Waals surface area (Å²) in [5, 5.41) is 11.8. The molecule has 80 valence electrons. The van der Waals surface area contributed by atoms with E-state index in [0.29, 0.717) is 5.02 Å². The van der Waals surface area contributed by atoms with E-state index in [1.54, 1.807) is 6.07 Å². The first kappa shape index (κ1) is 9.70. The lowest BCUT2D eigenvalue weighted by atomic mass is 10.1. The molecule has 3 heteroatoms. The largest absolute Gasteiger partial charge is 0.456 e. The van der Waals surface area contributed by atoms with E-state index in [4.69, 9.17) is 21.1 Å². The summed E-state index contributed by atoms with van der Waals surface area (Å²) in [5.41, 5.74) is 2.50. The summed E-state index contributed by atoms with van der Waals surface area (Å²) < 4.78 is 5.67. The number of halogens is 1. The average molecular weight is 233 g/mol. The Labute approximate surface area is 97.1 Å². The molecule has 0 saturated heterocycles. The van der Waals surface area contributed by atoms with Crippen molar-refractivity contribution in [1.29, 1.82) is 0 Å². The molecule has 0 bridgehead atoms. The molecular formula is C13H9ClO2. The van der Waals surface area contributed by atoms with E-state index in [2.05, 4.69) is 0 Å². The van der Waals surface area contributed by atoms with Gasteiger partial charge in [-0.05, 0) is 35.9 Å². The van der Waals surface area contributed by atoms with E-state index in [0.717, 1.165) is 27.5 Å². The van der Waals surface area contributed by atoms with Gasteiger partial charge in [0, 0.05) is 15.8 Å². The van der Waals surface area contributed by atoms with E-state index >= 15 is 0 Å². The molecule has 0 fully saturated rings. The van der Waals surface area contributed by atoms with Crippen LogP contribution in [0.5, 0.6) is 0 Å². The van der Waals surface area contributed by atoms with Crippen molar-refractivity contribution in [3.05, 3.63) is 47.0 Å². The molecule has 16 heavy (non-hydrogen) atoms. The van der Waals surface area contributed by atoms with Gasteiger partial charge in [0.25, 0.3) is 0 Å². The molecule has 0 radical (unpaired) electrons. The second kappa shape index (κ2) is 3.51. The lowest BCUT2D eigenvalue weighted by Crippen LogP contribution is -1.80. The Balaban J connectivity index is 2.44. The maximum atomic E-state index is 9.10. The number of hydrogen-bond donors (Lipinski definition) is 1. The molecule has 3 rings (SSSR count). The van der Waals surface area contributed by atoms with Crippen LogP contribution in [-0.2, 0) is 6.61 Å². The zero-order valence-corrected chi connectivity index (χ0v) is 9.16. The molecule has 0 spiro atoms. The molecule has 1 heterocycles. The van der Waals surface area contributed by atoms with E-state index in [-0.39, 0.29) is 6.61 Å². The second-order valence-electron chi connectivity index (χ2n) is 3.73. The van der Waals surface area contributed by atoms with E-state index in [1.165, 1.54) is 0 Å². The lowest BCUT2D eigenvalue weighted by Gasteiger charge is -1.95. The van der Waals surface area contributed by atoms with Gasteiger partial charge in [0.2, 0.25) is 0 Å². The van der Waals surface area contributed by atoms with Crippen molar-refractivity contribution in [3.63, 3.8) is 0 Å². The van der Waals surface area contributed by atoms with E-state index in [9.17, 15) is 0 Å². The van der Waals surface area contributed by atoms with Crippen LogP contribution in [0, 0.1) is 0 Å². The van der Waals surface area contributed by atoms with Crippen molar-refractivity contribution in [2.24, 2.45) is 0 Å². The van der Waals surface area contributed by atoms with Gasteiger partial charge in [0.1, 0.15) is 11.2 Å². The third-order valence-electron chi connectivity index (χ3n) is 2.68. The number of fused-ring (bicyclic) bond motifs is 3. The Hall–Kier alpha value is -1.51. The third-order valence-corrected chi connectivity index (χ3v) is 2.91. The molecule has 2 aromatic carbocycles. The van der Waals surface area contributed by atoms with Gasteiger partial charge in [-0.15, -0.1) is 0 Å². The SMILES string of the molecule is OCc1ccc2oc3ccc(Cl)cc3c2c1. The minimum atomic E-state index is 0.0309. The summed E-state index contributed by atoms with van der Waals surface area (Å²) in [6, 6.07) is 11.2. The number of rotatable bonds is 1. The van der Waals surface area contributed by atoms with Crippen molar-refractivity contribution in [3.8, 4) is 0 Å². The van der Waals surface area contributed by atoms with Crippen LogP contribution < -0.4 is 0 Å². The van der Waals surface area contributed by atoms with Crippen LogP contribution in [0.1, 0.15) is 5.56 Å². The number of aliphatic hydroxyl groups excluding tert-OH is 1. The maximum absolute atomic E-state index is 9.10. The molecule has 2 nitrogen and oxygen atoms in total. The summed E-state index contributed by atoms with van der Waals surface area (Å²) in [5.74, 6) is 0. The normalized spacial score (nSPS) is 11.4. The summed E-state index contributed by atoms with van der Waals surface area (Å²) >= 11 is 5.96. The van der Waals surface area contributed by atoms with Gasteiger partial charge < -0.3 is 9.52 Å². The quantitative estimate of drug-likeness (QED) is 0.694. The van der Waals surface area contributed by atoms with Crippen LogP contribution in [0.25, 0.3) is 21.9 Å². The molecular weight excluding hydrogens is 224 g/mol. The monoisotopic (exact) mass is 232 g/mol. The Bertz CT molecular complexity index is 670. The fourth-order valence-electron chi connectivity index (χ4n) is 1.90. The minimum Gasteiger partial charge on any atom is -0.456 e. The summed E-state index contributed by atoms with van der Waals surface area (Å²) in [7, 11) is 0. The van der Waals surface area contributed by atoms with Crippen LogP contribution in [0.2, 0.25) is 5.02 Å². The van der Waals surface area contributed by atoms with Crippen LogP contribution in [0.4, 0.5) is 0 Å². The predicted octanol–water partition coefficient (Wildman–Crippen LogP) is 3.73. The lowest BCUT2D eigenvalue weighted by molar-refractivity contribution is 0.282. The highest BCUT2D eigenvalue weighted by Gasteiger charge is 2.07. The van der Waals surface area contributed by atoms with Crippen LogP contribution in [0.15, 0.2) is 40.8 Å². The fraction of sp³-hybridized carbons (Fsp3) is 0.0769. The van der Waals surface area contributed by atoms with Gasteiger partial charge in [-0.1, -0.05) is 17.7 Å². The first-order chi connectivity index (χ1) is 7.78. The number of aliphatic hydroxyl groups is 1. The average Bonchev–Trinajstić information content (AvgIpc) is 2.66. The second-order valence-corrected chi connectivity index (χ2v) is 4.17. The van der Waals surface area contributed by atoms with Crippen molar-refractivity contribution >= 4 is 33.5 Å². The van der Waals surface area contributed by atoms with Crippen molar-refractivity contribution < 1.29 is 9.52 Å². The molecule has 0 unspecified atom stereocenters. The van der Waals surface area contributed by atoms with Crippen LogP contribution >= 0.6 is 11.6 Å². The molecule has 0 amide bonds. The fourth-order valence-corrected chi connectivity index (χ4v) is 2.07. The molecule has 1 aromatic heterocycles. The molecule has 0 saturated carbocycles. The number of benzene rings is 2. The smallest absolute Gasteiger partial charge is 0.135 e. The Morgan fingerprint density at radius 3 is 2.44 bits per heavy atom. The standard InChI is InChI=1S/C13H9ClO2/c14-9-2-4-13-11(6-9)10-5-8(7-15)1-3-12(10)16-13/h1-6,15H,7H2. The number of furan rings is 1. The summed E-state index contributed by atoms with van der Waals surface area (Å²) in [6.07, 6.45) is 0. The van der Waals surface area contributed by atoms with Gasteiger partial charge in [-0.3, -0.25) is 0 Å². The molecule has 0 atom stereocenters. The van der Waals surface area contributed by atoms with Crippen LogP contribution in [0.3, 0.4) is 0 Å². The highest BCUT2D eigenvalue weighted by Crippen LogP contribution is 2.31. The zero-order valence-electron chi connectivity index (χ0n) is 8.40. The van der Waals surface area contributed by atoms with Crippen molar-refractivity contribution in [2.75, 3.05) is 0 Å². The summed E-state index contributed by atoms with van der Waals surface area (Å²) in [6.45, 7) is 0.0309. The van der Waals surface area contributed by atoms with Gasteiger partial charge in [0.05, 0.1) is 6.61 Å². The maximum Gasteiger partial charge on any atom is 0.135 e. The first-order valence-electron chi connectivity index (χ1n) is 4.99. The Morgan fingerprint density at radius 2 is 1.69 bits per heavy atom. The van der Waals surface area contributed by atoms with Gasteiger partial charge >= 0.3 is 0 Å². The molecule has 0 aliphatic carbocycles. The van der Waals surface area contributed by atoms with Gasteiger partial charge in [-0.25, -0.2) is 0 Å². The topological polar surface area (TPSA) is 33.4 Å². The first-order valence-corrected chi connectivity index (χ1v) is 5.37. The molecule has 0 aliphatic heterocycles. The van der Waals surface area contributed by atoms with Gasteiger partial charge in [0.15, 0.2) is 0 Å². The Kier molecular flexibility index (Phi) is 2.13. The van der Waals surface area contributed by atoms with Crippen molar-refractivity contribution in [2.45, 2.75) is 6.61 Å². The highest BCUT2D eigenvalue weighted by atomic mass is 35.5. The Morgan fingerprint density at radius 1 is 1.00 bits per heavy atom. The van der Waals surface area contributed by atoms with E-state index in [1.807, 2.05) is 30.3 Å². The number of hydrogen-bond acceptors (Lipinski definition) is 2. The van der Waals surface area contributed by atoms with Gasteiger partial charge in [-0.2, -0.15) is 0 Å². The zero-order chi connectivity index (χ0) is 11.1. The molecule has 3 aromatic rings. The molecule has 1 N–H and O–H groups in total. The highest BCUT2D eigenvalue weighted by molar-refractivity contribution is 6.31. The third kappa shape index (κ3) is 1.39. The van der Waals surface area contributed by atoms with E-state index < -0.39 is 0 Å². The minimum absolute atomic E-state index is 0.0309. The summed E-state index contributed by atoms with van der Waals surface area (Å²) in [4.78, 5) is 0. The van der Waals surface area contributed by atoms with Crippen molar-refractivity contribution in [1.82, 2.24) is 0 Å². The van der Waals surface area contributed by atoms with Crippen LogP contribution in [-0.4, -0.2) is 5.11 Å². The molecule has 0 aliphatic rings.